The molecule has 0 atom stereocenters. The van der Waals surface area contributed by atoms with Crippen molar-refractivity contribution in [2.45, 2.75) is 20.5 Å². The van der Waals surface area contributed by atoms with Crippen LogP contribution in [0, 0.1) is 13.8 Å². The summed E-state index contributed by atoms with van der Waals surface area (Å²) in [6, 6.07) is 15.4. The number of nitrogens with zero attached hydrogens (tertiary/aromatic N) is 2. The van der Waals surface area contributed by atoms with Gasteiger partial charge in [-0.25, -0.2) is 4.98 Å². The Labute approximate surface area is 189 Å². The first kappa shape index (κ1) is 21.9. The maximum absolute atomic E-state index is 12.5. The zero-order chi connectivity index (χ0) is 23.4. The zero-order valence-corrected chi connectivity index (χ0v) is 18.5. The normalized spacial score (nSPS) is 10.8. The third kappa shape index (κ3) is 5.32. The predicted octanol–water partition coefficient (Wildman–Crippen LogP) is 3.51. The maximum Gasteiger partial charge on any atom is 0.287 e. The SMILES string of the molecule is COc1ccc(OCC(=O)Nc2cc(C)ccc2OCc2cc(=O)n3oc(C)cc3n2)cc1. The Morgan fingerprint density at radius 1 is 1.03 bits per heavy atom. The fraction of sp³-hybridized carbons (Fsp3) is 0.208. The molecule has 0 aliphatic carbocycles. The summed E-state index contributed by atoms with van der Waals surface area (Å²) in [5, 5.41) is 2.81. The first-order valence-electron chi connectivity index (χ1n) is 10.2. The number of aromatic nitrogens is 2. The Kier molecular flexibility index (Phi) is 6.30. The number of methoxy groups -OCH3 is 1. The van der Waals surface area contributed by atoms with Gasteiger partial charge in [-0.1, -0.05) is 6.07 Å². The highest BCUT2D eigenvalue weighted by Gasteiger charge is 2.12. The molecule has 2 heterocycles. The van der Waals surface area contributed by atoms with Crippen LogP contribution in [-0.2, 0) is 11.4 Å². The number of benzene rings is 2. The van der Waals surface area contributed by atoms with Gasteiger partial charge in [0, 0.05) is 12.1 Å². The summed E-state index contributed by atoms with van der Waals surface area (Å²) in [5.74, 6) is 1.94. The van der Waals surface area contributed by atoms with Gasteiger partial charge in [0.1, 0.15) is 29.6 Å². The summed E-state index contributed by atoms with van der Waals surface area (Å²) < 4.78 is 22.9. The Hall–Kier alpha value is -4.27. The number of nitrogens with one attached hydrogen (secondary N) is 1. The Balaban J connectivity index is 1.42. The number of amides is 1. The number of ether oxygens (including phenoxy) is 3. The summed E-state index contributed by atoms with van der Waals surface area (Å²) in [6.07, 6.45) is 0. The highest BCUT2D eigenvalue weighted by Crippen LogP contribution is 2.26. The molecule has 9 nitrogen and oxygen atoms in total. The summed E-state index contributed by atoms with van der Waals surface area (Å²) in [4.78, 5) is 29.0. The smallest absolute Gasteiger partial charge is 0.287 e. The molecule has 0 bridgehead atoms. The van der Waals surface area contributed by atoms with E-state index >= 15 is 0 Å². The molecule has 33 heavy (non-hydrogen) atoms. The minimum atomic E-state index is -0.340. The third-order valence-corrected chi connectivity index (χ3v) is 4.74. The van der Waals surface area contributed by atoms with Crippen LogP contribution >= 0.6 is 0 Å². The van der Waals surface area contributed by atoms with E-state index in [0.717, 1.165) is 10.1 Å². The van der Waals surface area contributed by atoms with Crippen molar-refractivity contribution >= 4 is 17.2 Å². The highest BCUT2D eigenvalue weighted by atomic mass is 16.5. The van der Waals surface area contributed by atoms with Crippen LogP contribution < -0.4 is 25.1 Å². The molecule has 2 aromatic carbocycles. The van der Waals surface area contributed by atoms with Gasteiger partial charge in [-0.15, -0.1) is 4.57 Å². The summed E-state index contributed by atoms with van der Waals surface area (Å²) >= 11 is 0. The van der Waals surface area contributed by atoms with Crippen molar-refractivity contribution in [3.63, 3.8) is 0 Å². The summed E-state index contributed by atoms with van der Waals surface area (Å²) in [7, 11) is 1.58. The molecule has 1 N–H and O–H groups in total. The number of fused-ring (bicyclic) bond motifs is 1. The lowest BCUT2D eigenvalue weighted by atomic mass is 10.2. The van der Waals surface area contributed by atoms with Gasteiger partial charge in [0.15, 0.2) is 12.3 Å². The van der Waals surface area contributed by atoms with E-state index in [1.807, 2.05) is 13.0 Å². The van der Waals surface area contributed by atoms with Gasteiger partial charge in [-0.05, 0) is 55.8 Å². The topological polar surface area (TPSA) is 104 Å². The lowest BCUT2D eigenvalue weighted by Crippen LogP contribution is -2.20. The lowest BCUT2D eigenvalue weighted by Gasteiger charge is -2.14. The average Bonchev–Trinajstić information content (AvgIpc) is 3.18. The molecule has 0 saturated carbocycles. The second-order valence-electron chi connectivity index (χ2n) is 7.39. The van der Waals surface area contributed by atoms with Crippen molar-refractivity contribution < 1.29 is 23.5 Å². The van der Waals surface area contributed by atoms with Crippen LogP contribution in [0.3, 0.4) is 0 Å². The van der Waals surface area contributed by atoms with Crippen molar-refractivity contribution in [2.75, 3.05) is 19.0 Å². The minimum absolute atomic E-state index is 0.0459. The van der Waals surface area contributed by atoms with Gasteiger partial charge in [-0.3, -0.25) is 9.59 Å². The van der Waals surface area contributed by atoms with E-state index in [2.05, 4.69) is 10.3 Å². The van der Waals surface area contributed by atoms with Crippen molar-refractivity contribution in [3.05, 3.63) is 82.0 Å². The van der Waals surface area contributed by atoms with Crippen LogP contribution in [0.25, 0.3) is 5.65 Å². The molecule has 2 aromatic heterocycles. The third-order valence-electron chi connectivity index (χ3n) is 4.74. The molecule has 0 radical (unpaired) electrons. The molecular formula is C24H23N3O6. The van der Waals surface area contributed by atoms with Crippen molar-refractivity contribution in [3.8, 4) is 17.2 Å². The average molecular weight is 449 g/mol. The number of hydrogen-bond acceptors (Lipinski definition) is 7. The summed E-state index contributed by atoms with van der Waals surface area (Å²) in [6.45, 7) is 3.52. The van der Waals surface area contributed by atoms with Crippen LogP contribution in [0.4, 0.5) is 5.69 Å². The van der Waals surface area contributed by atoms with Crippen LogP contribution in [0.5, 0.6) is 17.2 Å². The van der Waals surface area contributed by atoms with E-state index in [4.69, 9.17) is 18.7 Å². The molecule has 0 aliphatic heterocycles. The van der Waals surface area contributed by atoms with E-state index < -0.39 is 0 Å². The van der Waals surface area contributed by atoms with Gasteiger partial charge >= 0.3 is 0 Å². The van der Waals surface area contributed by atoms with E-state index in [0.29, 0.717) is 40.0 Å². The fourth-order valence-electron chi connectivity index (χ4n) is 3.17. The number of anilines is 1. The predicted molar refractivity (Wildman–Crippen MR) is 121 cm³/mol. The minimum Gasteiger partial charge on any atom is -0.497 e. The Bertz CT molecular complexity index is 1340. The molecule has 9 heteroatoms. The van der Waals surface area contributed by atoms with Crippen LogP contribution in [0.15, 0.2) is 63.9 Å². The standard InChI is InChI=1S/C24H23N3O6/c1-15-4-9-21(32-13-17-12-24(29)27-22(25-17)11-16(2)33-27)20(10-15)26-23(28)14-31-19-7-5-18(30-3)6-8-19/h4-12H,13-14H2,1-3H3,(H,26,28). The maximum atomic E-state index is 12.5. The molecule has 0 aliphatic rings. The highest BCUT2D eigenvalue weighted by molar-refractivity contribution is 5.93. The Morgan fingerprint density at radius 2 is 1.79 bits per heavy atom. The van der Waals surface area contributed by atoms with Gasteiger partial charge in [0.25, 0.3) is 11.5 Å². The number of carbonyl (C=O) groups is 1. The monoisotopic (exact) mass is 449 g/mol. The van der Waals surface area contributed by atoms with Crippen LogP contribution in [-0.4, -0.2) is 29.2 Å². The van der Waals surface area contributed by atoms with Crippen molar-refractivity contribution in [2.24, 2.45) is 0 Å². The number of carbonyl (C=O) groups excluding carboxylic acids is 1. The van der Waals surface area contributed by atoms with Gasteiger partial charge in [-0.2, -0.15) is 0 Å². The first-order valence-corrected chi connectivity index (χ1v) is 10.2. The number of rotatable bonds is 8. The molecule has 0 fully saturated rings. The number of hydrogen-bond donors (Lipinski definition) is 1. The van der Waals surface area contributed by atoms with Gasteiger partial charge < -0.3 is 24.1 Å². The molecule has 1 amide bonds. The number of aryl methyl sites for hydroxylation is 2. The molecule has 170 valence electrons. The van der Waals surface area contributed by atoms with Crippen LogP contribution in [0.2, 0.25) is 0 Å². The molecule has 4 aromatic rings. The molecule has 4 rings (SSSR count). The fourth-order valence-corrected chi connectivity index (χ4v) is 3.17. The quantitative estimate of drug-likeness (QED) is 0.439. The first-order chi connectivity index (χ1) is 15.9. The second-order valence-corrected chi connectivity index (χ2v) is 7.39. The Morgan fingerprint density at radius 3 is 2.55 bits per heavy atom. The van der Waals surface area contributed by atoms with Gasteiger partial charge in [0.05, 0.1) is 18.5 Å². The van der Waals surface area contributed by atoms with E-state index in [1.165, 1.54) is 6.07 Å². The lowest BCUT2D eigenvalue weighted by molar-refractivity contribution is -0.118. The largest absolute Gasteiger partial charge is 0.497 e. The van der Waals surface area contributed by atoms with Crippen molar-refractivity contribution in [1.29, 1.82) is 0 Å². The second kappa shape index (κ2) is 9.47. The van der Waals surface area contributed by atoms with E-state index in [1.54, 1.807) is 56.5 Å². The zero-order valence-electron chi connectivity index (χ0n) is 18.5. The molecule has 0 spiro atoms. The molecular weight excluding hydrogens is 426 g/mol. The van der Waals surface area contributed by atoms with E-state index in [-0.39, 0.29) is 24.7 Å². The van der Waals surface area contributed by atoms with Crippen molar-refractivity contribution in [1.82, 2.24) is 9.56 Å². The van der Waals surface area contributed by atoms with Gasteiger partial charge in [0.2, 0.25) is 0 Å². The van der Waals surface area contributed by atoms with Crippen LogP contribution in [0.1, 0.15) is 17.0 Å². The molecule has 0 unspecified atom stereocenters. The van der Waals surface area contributed by atoms with E-state index in [9.17, 15) is 9.59 Å². The molecule has 0 saturated heterocycles. The summed E-state index contributed by atoms with van der Waals surface area (Å²) in [5.41, 5.74) is 1.96.